The predicted octanol–water partition coefficient (Wildman–Crippen LogP) is 1.16. The molecule has 0 aliphatic heterocycles. The zero-order valence-corrected chi connectivity index (χ0v) is 6.18. The fraction of sp³-hybridized carbons (Fsp3) is 0.400. The first kappa shape index (κ1) is 8.30. The van der Waals surface area contributed by atoms with Crippen LogP contribution in [0, 0.1) is 0 Å². The van der Waals surface area contributed by atoms with Crippen LogP contribution in [0.2, 0.25) is 0 Å². The Labute approximate surface area is 60.0 Å². The third-order valence-corrected chi connectivity index (χ3v) is 0.865. The van der Waals surface area contributed by atoms with Crippen molar-refractivity contribution in [2.24, 2.45) is 0 Å². The molecule has 0 aliphatic carbocycles. The van der Waals surface area contributed by atoms with E-state index in [2.05, 4.69) is 5.16 Å². The molecule has 0 bridgehead atoms. The van der Waals surface area contributed by atoms with Gasteiger partial charge in [0.25, 0.3) is 0 Å². The van der Waals surface area contributed by atoms with Crippen molar-refractivity contribution in [1.29, 1.82) is 0 Å². The molecule has 0 unspecified atom stereocenters. The van der Waals surface area contributed by atoms with Crippen molar-refractivity contribution in [1.82, 2.24) is 5.16 Å². The molecule has 0 saturated heterocycles. The average molecular weight is 149 g/mol. The number of aromatic nitrogens is 1. The maximum Gasteiger partial charge on any atom is 0.226 e. The van der Waals surface area contributed by atoms with Crippen molar-refractivity contribution in [2.75, 3.05) is 19.0 Å². The van der Waals surface area contributed by atoms with E-state index >= 15 is 0 Å². The van der Waals surface area contributed by atoms with E-state index in [4.69, 9.17) is 4.52 Å². The van der Waals surface area contributed by atoms with Gasteiger partial charge in [-0.1, -0.05) is 5.16 Å². The molecular weight excluding hydrogens is 140 g/mol. The average Bonchev–Trinajstić information content (AvgIpc) is 2.12. The minimum absolute atomic E-state index is 0. The molecule has 3 nitrogen and oxygen atoms in total. The zero-order chi connectivity index (χ0) is 5.98. The van der Waals surface area contributed by atoms with E-state index in [9.17, 15) is 0 Å². The second-order valence-electron chi connectivity index (χ2n) is 1.75. The summed E-state index contributed by atoms with van der Waals surface area (Å²) >= 11 is 0. The predicted molar refractivity (Wildman–Crippen MR) is 38.1 cm³/mol. The molecular formula is C5H9ClN2O. The van der Waals surface area contributed by atoms with Gasteiger partial charge in [-0.15, -0.1) is 12.4 Å². The molecule has 0 amide bonds. The van der Waals surface area contributed by atoms with Crippen LogP contribution in [-0.4, -0.2) is 19.3 Å². The van der Waals surface area contributed by atoms with Gasteiger partial charge < -0.3 is 9.42 Å². The summed E-state index contributed by atoms with van der Waals surface area (Å²) in [5.74, 6) is 0.782. The van der Waals surface area contributed by atoms with Gasteiger partial charge in [0, 0.05) is 20.2 Å². The first-order valence-corrected chi connectivity index (χ1v) is 2.38. The molecule has 1 aromatic rings. The van der Waals surface area contributed by atoms with Gasteiger partial charge in [0.1, 0.15) is 0 Å². The summed E-state index contributed by atoms with van der Waals surface area (Å²) in [5.41, 5.74) is 0. The van der Waals surface area contributed by atoms with E-state index < -0.39 is 0 Å². The Morgan fingerprint density at radius 2 is 2.22 bits per heavy atom. The van der Waals surface area contributed by atoms with Crippen LogP contribution in [0.4, 0.5) is 5.88 Å². The number of nitrogens with zero attached hydrogens (tertiary/aromatic N) is 2. The van der Waals surface area contributed by atoms with Crippen LogP contribution in [0.1, 0.15) is 0 Å². The highest BCUT2D eigenvalue weighted by Crippen LogP contribution is 2.05. The van der Waals surface area contributed by atoms with Gasteiger partial charge in [-0.05, 0) is 0 Å². The SMILES string of the molecule is CN(C)c1ccno1.Cl. The Morgan fingerprint density at radius 3 is 2.44 bits per heavy atom. The van der Waals surface area contributed by atoms with Gasteiger partial charge in [0.2, 0.25) is 5.88 Å². The summed E-state index contributed by atoms with van der Waals surface area (Å²) < 4.78 is 4.77. The van der Waals surface area contributed by atoms with E-state index in [1.807, 2.05) is 19.0 Å². The maximum absolute atomic E-state index is 4.77. The van der Waals surface area contributed by atoms with Crippen molar-refractivity contribution < 1.29 is 4.52 Å². The van der Waals surface area contributed by atoms with Crippen molar-refractivity contribution >= 4 is 18.3 Å². The summed E-state index contributed by atoms with van der Waals surface area (Å²) in [6.45, 7) is 0. The molecule has 1 heterocycles. The standard InChI is InChI=1S/C5H8N2O.ClH/c1-7(2)5-3-4-6-8-5;/h3-4H,1-2H3;1H. The Hall–Kier alpha value is -0.700. The van der Waals surface area contributed by atoms with Crippen LogP contribution in [0.3, 0.4) is 0 Å². The smallest absolute Gasteiger partial charge is 0.226 e. The highest BCUT2D eigenvalue weighted by Gasteiger charge is 1.94. The molecule has 0 saturated carbocycles. The molecule has 0 spiro atoms. The second-order valence-corrected chi connectivity index (χ2v) is 1.75. The first-order chi connectivity index (χ1) is 3.80. The van der Waals surface area contributed by atoms with Crippen LogP contribution in [0.15, 0.2) is 16.8 Å². The lowest BCUT2D eigenvalue weighted by Gasteiger charge is -2.03. The lowest BCUT2D eigenvalue weighted by Crippen LogP contribution is -2.06. The normalized spacial score (nSPS) is 8.22. The van der Waals surface area contributed by atoms with Gasteiger partial charge in [0.05, 0.1) is 6.20 Å². The molecule has 0 fully saturated rings. The maximum atomic E-state index is 4.77. The molecule has 0 N–H and O–H groups in total. The molecule has 0 aliphatic rings. The minimum atomic E-state index is 0. The fourth-order valence-corrected chi connectivity index (χ4v) is 0.440. The van der Waals surface area contributed by atoms with Crippen molar-refractivity contribution in [3.8, 4) is 0 Å². The Balaban J connectivity index is 0.000000640. The van der Waals surface area contributed by atoms with E-state index in [1.165, 1.54) is 0 Å². The summed E-state index contributed by atoms with van der Waals surface area (Å²) in [6, 6.07) is 1.81. The van der Waals surface area contributed by atoms with Gasteiger partial charge in [-0.3, -0.25) is 0 Å². The molecule has 52 valence electrons. The van der Waals surface area contributed by atoms with E-state index in [0.29, 0.717) is 0 Å². The monoisotopic (exact) mass is 148 g/mol. The first-order valence-electron chi connectivity index (χ1n) is 2.38. The third-order valence-electron chi connectivity index (χ3n) is 0.865. The van der Waals surface area contributed by atoms with Crippen LogP contribution in [-0.2, 0) is 0 Å². The van der Waals surface area contributed by atoms with Gasteiger partial charge in [-0.2, -0.15) is 0 Å². The lowest BCUT2D eigenvalue weighted by molar-refractivity contribution is 0.424. The van der Waals surface area contributed by atoms with Crippen LogP contribution < -0.4 is 4.90 Å². The van der Waals surface area contributed by atoms with Crippen LogP contribution >= 0.6 is 12.4 Å². The summed E-state index contributed by atoms with van der Waals surface area (Å²) in [5, 5.41) is 3.53. The molecule has 0 atom stereocenters. The topological polar surface area (TPSA) is 29.3 Å². The van der Waals surface area contributed by atoms with Gasteiger partial charge in [0.15, 0.2) is 0 Å². The molecule has 4 heteroatoms. The van der Waals surface area contributed by atoms with Crippen LogP contribution in [0.25, 0.3) is 0 Å². The highest BCUT2D eigenvalue weighted by atomic mass is 35.5. The number of rotatable bonds is 1. The molecule has 1 rings (SSSR count). The summed E-state index contributed by atoms with van der Waals surface area (Å²) in [7, 11) is 3.81. The molecule has 0 aromatic carbocycles. The number of hydrogen-bond acceptors (Lipinski definition) is 3. The van der Waals surface area contributed by atoms with Crippen molar-refractivity contribution in [2.45, 2.75) is 0 Å². The lowest BCUT2D eigenvalue weighted by atomic mass is 10.6. The Morgan fingerprint density at radius 1 is 1.56 bits per heavy atom. The second kappa shape index (κ2) is 3.35. The van der Waals surface area contributed by atoms with E-state index in [-0.39, 0.29) is 12.4 Å². The number of anilines is 1. The van der Waals surface area contributed by atoms with Crippen LogP contribution in [0.5, 0.6) is 0 Å². The Kier molecular flexibility index (Phi) is 3.09. The minimum Gasteiger partial charge on any atom is -0.347 e. The molecule has 9 heavy (non-hydrogen) atoms. The van der Waals surface area contributed by atoms with Gasteiger partial charge in [-0.25, -0.2) is 0 Å². The van der Waals surface area contributed by atoms with Crippen molar-refractivity contribution in [3.05, 3.63) is 12.3 Å². The summed E-state index contributed by atoms with van der Waals surface area (Å²) in [6.07, 6.45) is 1.62. The number of halogens is 1. The third kappa shape index (κ3) is 1.93. The number of hydrogen-bond donors (Lipinski definition) is 0. The zero-order valence-electron chi connectivity index (χ0n) is 5.37. The van der Waals surface area contributed by atoms with E-state index in [0.717, 1.165) is 5.88 Å². The molecule has 0 radical (unpaired) electrons. The van der Waals surface area contributed by atoms with Crippen molar-refractivity contribution in [3.63, 3.8) is 0 Å². The largest absolute Gasteiger partial charge is 0.347 e. The van der Waals surface area contributed by atoms with E-state index in [1.54, 1.807) is 12.3 Å². The highest BCUT2D eigenvalue weighted by molar-refractivity contribution is 5.85. The fourth-order valence-electron chi connectivity index (χ4n) is 0.440. The summed E-state index contributed by atoms with van der Waals surface area (Å²) in [4.78, 5) is 1.85. The quantitative estimate of drug-likeness (QED) is 0.599. The Bertz CT molecular complexity index is 150. The molecule has 1 aromatic heterocycles. The van der Waals surface area contributed by atoms with Gasteiger partial charge >= 0.3 is 0 Å².